The number of amides is 1. The molecule has 0 saturated carbocycles. The van der Waals surface area contributed by atoms with Crippen molar-refractivity contribution in [2.45, 2.75) is 13.0 Å². The van der Waals surface area contributed by atoms with Crippen LogP contribution in [0.1, 0.15) is 29.0 Å². The van der Waals surface area contributed by atoms with E-state index in [0.717, 1.165) is 10.2 Å². The summed E-state index contributed by atoms with van der Waals surface area (Å²) in [5, 5.41) is 2.88. The highest BCUT2D eigenvalue weighted by molar-refractivity contribution is 9.10. The Kier molecular flexibility index (Phi) is 4.16. The van der Waals surface area contributed by atoms with Crippen LogP contribution in [-0.2, 0) is 0 Å². The number of nitrogens with two attached hydrogens (primary N) is 1. The highest BCUT2D eigenvalue weighted by atomic mass is 79.9. The summed E-state index contributed by atoms with van der Waals surface area (Å²) in [6.07, 6.45) is 1.70. The van der Waals surface area contributed by atoms with Crippen molar-refractivity contribution in [1.82, 2.24) is 10.3 Å². The van der Waals surface area contributed by atoms with Gasteiger partial charge >= 0.3 is 0 Å². The lowest BCUT2D eigenvalue weighted by Gasteiger charge is -2.14. The van der Waals surface area contributed by atoms with Crippen molar-refractivity contribution in [3.8, 4) is 0 Å². The van der Waals surface area contributed by atoms with Gasteiger partial charge < -0.3 is 11.1 Å². The second kappa shape index (κ2) is 5.84. The molecule has 0 aliphatic rings. The molecule has 1 heterocycles. The third kappa shape index (κ3) is 3.32. The molecule has 3 N–H and O–H groups in total. The number of nitrogens with zero attached hydrogens (tertiary/aromatic N) is 1. The molecule has 1 atom stereocenters. The summed E-state index contributed by atoms with van der Waals surface area (Å²) < 4.78 is 0.847. The monoisotopic (exact) mass is 319 g/mol. The minimum atomic E-state index is -0.205. The van der Waals surface area contributed by atoms with E-state index in [2.05, 4.69) is 26.2 Å². The molecule has 0 radical (unpaired) electrons. The lowest BCUT2D eigenvalue weighted by Crippen LogP contribution is -2.27. The number of nitrogens with one attached hydrogen (secondary N) is 1. The summed E-state index contributed by atoms with van der Waals surface area (Å²) in [5.74, 6) is -0.205. The minimum absolute atomic E-state index is 0.170. The van der Waals surface area contributed by atoms with E-state index in [1.165, 1.54) is 0 Å². The van der Waals surface area contributed by atoms with Crippen molar-refractivity contribution in [2.24, 2.45) is 0 Å². The van der Waals surface area contributed by atoms with E-state index in [4.69, 9.17) is 5.73 Å². The van der Waals surface area contributed by atoms with E-state index < -0.39 is 0 Å². The van der Waals surface area contributed by atoms with Crippen LogP contribution >= 0.6 is 15.9 Å². The van der Waals surface area contributed by atoms with Gasteiger partial charge in [-0.05, 0) is 37.3 Å². The second-order valence-electron chi connectivity index (χ2n) is 4.18. The van der Waals surface area contributed by atoms with Crippen molar-refractivity contribution in [3.05, 3.63) is 58.3 Å². The quantitative estimate of drug-likeness (QED) is 0.855. The average molecular weight is 320 g/mol. The fraction of sp³-hybridized carbons (Fsp3) is 0.143. The molecule has 98 valence electrons. The Morgan fingerprint density at radius 1 is 1.37 bits per heavy atom. The van der Waals surface area contributed by atoms with E-state index >= 15 is 0 Å². The molecule has 1 aromatic heterocycles. The van der Waals surface area contributed by atoms with Crippen LogP contribution in [0.25, 0.3) is 0 Å². The number of aromatic nitrogens is 1. The Morgan fingerprint density at radius 2 is 2.16 bits per heavy atom. The smallest absolute Gasteiger partial charge is 0.253 e. The fourth-order valence-corrected chi connectivity index (χ4v) is 2.10. The number of nitrogen functional groups attached to an aromatic ring is 1. The molecule has 19 heavy (non-hydrogen) atoms. The molecule has 5 heteroatoms. The Hall–Kier alpha value is -1.88. The van der Waals surface area contributed by atoms with Gasteiger partial charge in [-0.3, -0.25) is 9.78 Å². The van der Waals surface area contributed by atoms with E-state index in [9.17, 15) is 4.79 Å². The number of benzene rings is 1. The maximum atomic E-state index is 12.1. The van der Waals surface area contributed by atoms with Crippen LogP contribution < -0.4 is 11.1 Å². The Labute approximate surface area is 120 Å². The fourth-order valence-electron chi connectivity index (χ4n) is 1.72. The van der Waals surface area contributed by atoms with Gasteiger partial charge in [0.2, 0.25) is 0 Å². The third-order valence-corrected chi connectivity index (χ3v) is 3.23. The van der Waals surface area contributed by atoms with Crippen molar-refractivity contribution < 1.29 is 4.79 Å². The molecule has 1 aromatic carbocycles. The molecule has 0 aliphatic carbocycles. The molecule has 0 spiro atoms. The maximum Gasteiger partial charge on any atom is 0.253 e. The summed E-state index contributed by atoms with van der Waals surface area (Å²) in [6, 6.07) is 10.6. The van der Waals surface area contributed by atoms with Crippen LogP contribution in [0.15, 0.2) is 47.1 Å². The van der Waals surface area contributed by atoms with Gasteiger partial charge in [0, 0.05) is 16.4 Å². The maximum absolute atomic E-state index is 12.1. The van der Waals surface area contributed by atoms with Crippen LogP contribution in [-0.4, -0.2) is 10.9 Å². The lowest BCUT2D eigenvalue weighted by atomic mass is 10.1. The highest BCUT2D eigenvalue weighted by Crippen LogP contribution is 2.19. The summed E-state index contributed by atoms with van der Waals surface area (Å²) >= 11 is 3.31. The Balaban J connectivity index is 2.13. The number of carbonyl (C=O) groups excluding carboxylic acids is 1. The summed E-state index contributed by atoms with van der Waals surface area (Å²) in [7, 11) is 0. The molecule has 2 rings (SSSR count). The minimum Gasteiger partial charge on any atom is -0.398 e. The van der Waals surface area contributed by atoms with Gasteiger partial charge in [0.1, 0.15) is 0 Å². The first-order chi connectivity index (χ1) is 9.08. The number of halogens is 1. The van der Waals surface area contributed by atoms with Gasteiger partial charge in [0.15, 0.2) is 0 Å². The number of hydrogen-bond donors (Lipinski definition) is 2. The van der Waals surface area contributed by atoms with Gasteiger partial charge in [-0.1, -0.05) is 22.0 Å². The standard InChI is InChI=1S/C14H14BrN3O/c1-9(13-4-2-3-7-17-13)18-14(19)11-6-5-10(15)8-12(11)16/h2-9H,16H2,1H3,(H,18,19)/t9-/m1/s1. The van der Waals surface area contributed by atoms with Crippen LogP contribution in [0.2, 0.25) is 0 Å². The predicted molar refractivity (Wildman–Crippen MR) is 78.7 cm³/mol. The molecular formula is C14H14BrN3O. The van der Waals surface area contributed by atoms with E-state index in [1.54, 1.807) is 24.4 Å². The third-order valence-electron chi connectivity index (χ3n) is 2.74. The molecule has 0 fully saturated rings. The van der Waals surface area contributed by atoms with Gasteiger partial charge in [-0.25, -0.2) is 0 Å². The molecule has 0 bridgehead atoms. The zero-order chi connectivity index (χ0) is 13.8. The van der Waals surface area contributed by atoms with Gasteiger partial charge in [-0.15, -0.1) is 0 Å². The van der Waals surface area contributed by atoms with E-state index in [1.807, 2.05) is 25.1 Å². The molecule has 0 saturated heterocycles. The second-order valence-corrected chi connectivity index (χ2v) is 5.10. The molecular weight excluding hydrogens is 306 g/mol. The first-order valence-corrected chi connectivity index (χ1v) is 6.64. The van der Waals surface area contributed by atoms with Gasteiger partial charge in [0.25, 0.3) is 5.91 Å². The molecule has 0 unspecified atom stereocenters. The summed E-state index contributed by atoms with van der Waals surface area (Å²) in [6.45, 7) is 1.88. The number of pyridine rings is 1. The normalized spacial score (nSPS) is 11.9. The SMILES string of the molecule is C[C@@H](NC(=O)c1ccc(Br)cc1N)c1ccccn1. The van der Waals surface area contributed by atoms with Crippen LogP contribution in [0.4, 0.5) is 5.69 Å². The highest BCUT2D eigenvalue weighted by Gasteiger charge is 2.14. The first kappa shape index (κ1) is 13.5. The predicted octanol–water partition coefficient (Wildman–Crippen LogP) is 2.92. The lowest BCUT2D eigenvalue weighted by molar-refractivity contribution is 0.0940. The van der Waals surface area contributed by atoms with Crippen molar-refractivity contribution in [2.75, 3.05) is 5.73 Å². The zero-order valence-electron chi connectivity index (χ0n) is 10.4. The topological polar surface area (TPSA) is 68.0 Å². The molecule has 1 amide bonds. The number of anilines is 1. The Bertz CT molecular complexity index is 586. The zero-order valence-corrected chi connectivity index (χ0v) is 12.0. The van der Waals surface area contributed by atoms with Crippen molar-refractivity contribution in [1.29, 1.82) is 0 Å². The summed E-state index contributed by atoms with van der Waals surface area (Å²) in [5.41, 5.74) is 7.55. The van der Waals surface area contributed by atoms with Crippen molar-refractivity contribution in [3.63, 3.8) is 0 Å². The number of carbonyl (C=O) groups is 1. The average Bonchev–Trinajstić information content (AvgIpc) is 2.39. The van der Waals surface area contributed by atoms with Crippen LogP contribution in [0.5, 0.6) is 0 Å². The van der Waals surface area contributed by atoms with E-state index in [-0.39, 0.29) is 11.9 Å². The van der Waals surface area contributed by atoms with E-state index in [0.29, 0.717) is 11.3 Å². The van der Waals surface area contributed by atoms with Crippen molar-refractivity contribution >= 4 is 27.5 Å². The van der Waals surface area contributed by atoms with Crippen LogP contribution in [0, 0.1) is 0 Å². The molecule has 2 aromatic rings. The first-order valence-electron chi connectivity index (χ1n) is 5.84. The van der Waals surface area contributed by atoms with Gasteiger partial charge in [0.05, 0.1) is 17.3 Å². The number of hydrogen-bond acceptors (Lipinski definition) is 3. The molecule has 4 nitrogen and oxygen atoms in total. The van der Waals surface area contributed by atoms with Gasteiger partial charge in [-0.2, -0.15) is 0 Å². The summed E-state index contributed by atoms with van der Waals surface area (Å²) in [4.78, 5) is 16.3. The number of rotatable bonds is 3. The van der Waals surface area contributed by atoms with Crippen LogP contribution in [0.3, 0.4) is 0 Å². The largest absolute Gasteiger partial charge is 0.398 e. The molecule has 0 aliphatic heterocycles. The Morgan fingerprint density at radius 3 is 2.79 bits per heavy atom.